The molecule has 1 aliphatic heterocycles. The van der Waals surface area contributed by atoms with Crippen LogP contribution in [0, 0.1) is 12.8 Å². The second kappa shape index (κ2) is 7.71. The van der Waals surface area contributed by atoms with Crippen molar-refractivity contribution in [3.05, 3.63) is 35.4 Å². The fraction of sp³-hybridized carbons (Fsp3) is 0.571. The van der Waals surface area contributed by atoms with Crippen LogP contribution in [0.5, 0.6) is 0 Å². The van der Waals surface area contributed by atoms with Crippen molar-refractivity contribution in [3.63, 3.8) is 0 Å². The molecule has 146 valence electrons. The lowest BCUT2D eigenvalue weighted by Gasteiger charge is -2.30. The lowest BCUT2D eigenvalue weighted by molar-refractivity contribution is -0.135. The molecule has 3 rings (SSSR count). The fourth-order valence-electron chi connectivity index (χ4n) is 4.17. The van der Waals surface area contributed by atoms with Crippen LogP contribution in [0.2, 0.25) is 0 Å². The highest BCUT2D eigenvalue weighted by Crippen LogP contribution is 2.32. The summed E-state index contributed by atoms with van der Waals surface area (Å²) in [6.45, 7) is 5.74. The molecule has 2 N–H and O–H groups in total. The average molecular weight is 371 g/mol. The summed E-state index contributed by atoms with van der Waals surface area (Å²) in [6, 6.07) is 7.20. The molecule has 6 heteroatoms. The number of aryl methyl sites for hydroxylation is 1. The Morgan fingerprint density at radius 1 is 1.22 bits per heavy atom. The van der Waals surface area contributed by atoms with Gasteiger partial charge in [0.05, 0.1) is 0 Å². The van der Waals surface area contributed by atoms with E-state index in [-0.39, 0.29) is 24.4 Å². The Kier molecular flexibility index (Phi) is 5.53. The van der Waals surface area contributed by atoms with E-state index in [1.807, 2.05) is 38.1 Å². The number of carbonyl (C=O) groups excluding carboxylic acids is 3. The Morgan fingerprint density at radius 3 is 2.52 bits per heavy atom. The molecular formula is C21H29N3O3. The Bertz CT molecular complexity index is 731. The molecule has 1 saturated heterocycles. The quantitative estimate of drug-likeness (QED) is 0.781. The summed E-state index contributed by atoms with van der Waals surface area (Å²) in [4.78, 5) is 39.2. The van der Waals surface area contributed by atoms with Gasteiger partial charge in [-0.15, -0.1) is 0 Å². The molecule has 0 unspecified atom stereocenters. The van der Waals surface area contributed by atoms with Gasteiger partial charge in [0.2, 0.25) is 5.91 Å². The Labute approximate surface area is 160 Å². The molecular weight excluding hydrogens is 342 g/mol. The van der Waals surface area contributed by atoms with Crippen molar-refractivity contribution >= 4 is 17.8 Å². The van der Waals surface area contributed by atoms with Crippen LogP contribution in [0.3, 0.4) is 0 Å². The smallest absolute Gasteiger partial charge is 0.325 e. The Balaban J connectivity index is 1.73. The van der Waals surface area contributed by atoms with E-state index < -0.39 is 11.6 Å². The van der Waals surface area contributed by atoms with Crippen LogP contribution < -0.4 is 10.6 Å². The highest BCUT2D eigenvalue weighted by atomic mass is 16.2. The van der Waals surface area contributed by atoms with Gasteiger partial charge < -0.3 is 10.6 Å². The molecule has 2 aliphatic rings. The molecule has 4 amide bonds. The first-order valence-electron chi connectivity index (χ1n) is 9.88. The first kappa shape index (κ1) is 19.4. The Morgan fingerprint density at radius 2 is 1.89 bits per heavy atom. The maximum Gasteiger partial charge on any atom is 0.325 e. The van der Waals surface area contributed by atoms with Crippen LogP contribution in [0.25, 0.3) is 0 Å². The largest absolute Gasteiger partial charge is 0.352 e. The summed E-state index contributed by atoms with van der Waals surface area (Å²) in [7, 11) is 0. The number of hydrogen-bond acceptors (Lipinski definition) is 3. The van der Waals surface area contributed by atoms with Crippen LogP contribution in [-0.4, -0.2) is 35.3 Å². The van der Waals surface area contributed by atoms with Gasteiger partial charge in [-0.3, -0.25) is 14.5 Å². The lowest BCUT2D eigenvalue weighted by atomic mass is 9.86. The van der Waals surface area contributed by atoms with Gasteiger partial charge in [0.25, 0.3) is 5.91 Å². The first-order valence-corrected chi connectivity index (χ1v) is 9.88. The van der Waals surface area contributed by atoms with Gasteiger partial charge in [-0.25, -0.2) is 4.79 Å². The second-order valence-corrected chi connectivity index (χ2v) is 7.88. The van der Waals surface area contributed by atoms with Gasteiger partial charge >= 0.3 is 6.03 Å². The van der Waals surface area contributed by atoms with E-state index in [2.05, 4.69) is 17.6 Å². The number of rotatable bonds is 5. The SMILES string of the molecule is CC[C@]1(c2ccc(C)cc2)NC(=O)N(CC(=O)N[C@@H]2CCCC[C@@H]2C)C1=O. The molecule has 1 heterocycles. The summed E-state index contributed by atoms with van der Waals surface area (Å²) in [6.07, 6.45) is 4.77. The van der Waals surface area contributed by atoms with E-state index in [1.165, 1.54) is 6.42 Å². The molecule has 0 radical (unpaired) electrons. The summed E-state index contributed by atoms with van der Waals surface area (Å²) < 4.78 is 0. The summed E-state index contributed by atoms with van der Waals surface area (Å²) >= 11 is 0. The molecule has 1 aromatic rings. The topological polar surface area (TPSA) is 78.5 Å². The maximum atomic E-state index is 13.1. The predicted molar refractivity (Wildman–Crippen MR) is 103 cm³/mol. The molecule has 1 aliphatic carbocycles. The number of benzene rings is 1. The van der Waals surface area contributed by atoms with Gasteiger partial charge in [-0.1, -0.05) is 56.5 Å². The minimum absolute atomic E-state index is 0.125. The first-order chi connectivity index (χ1) is 12.9. The summed E-state index contributed by atoms with van der Waals surface area (Å²) in [5.41, 5.74) is 0.737. The van der Waals surface area contributed by atoms with Crippen molar-refractivity contribution < 1.29 is 14.4 Å². The number of carbonyl (C=O) groups is 3. The van der Waals surface area contributed by atoms with Crippen LogP contribution >= 0.6 is 0 Å². The third kappa shape index (κ3) is 3.70. The summed E-state index contributed by atoms with van der Waals surface area (Å²) in [5.74, 6) is -0.202. The van der Waals surface area contributed by atoms with Crippen molar-refractivity contribution in [2.24, 2.45) is 5.92 Å². The zero-order valence-electron chi connectivity index (χ0n) is 16.4. The highest BCUT2D eigenvalue weighted by Gasteiger charge is 2.51. The molecule has 0 spiro atoms. The highest BCUT2D eigenvalue weighted by molar-refractivity contribution is 6.09. The minimum Gasteiger partial charge on any atom is -0.352 e. The number of nitrogens with zero attached hydrogens (tertiary/aromatic N) is 1. The molecule has 1 saturated carbocycles. The van der Waals surface area contributed by atoms with Crippen molar-refractivity contribution in [2.45, 2.75) is 64.5 Å². The zero-order valence-corrected chi connectivity index (χ0v) is 16.4. The van der Waals surface area contributed by atoms with E-state index in [0.717, 1.165) is 35.3 Å². The molecule has 0 bridgehead atoms. The third-order valence-electron chi connectivity index (χ3n) is 6.01. The van der Waals surface area contributed by atoms with E-state index in [4.69, 9.17) is 0 Å². The average Bonchev–Trinajstić information content (AvgIpc) is 2.89. The van der Waals surface area contributed by atoms with E-state index in [1.54, 1.807) is 0 Å². The van der Waals surface area contributed by atoms with Gasteiger partial charge in [0, 0.05) is 6.04 Å². The molecule has 0 aromatic heterocycles. The Hall–Kier alpha value is -2.37. The predicted octanol–water partition coefficient (Wildman–Crippen LogP) is 2.85. The minimum atomic E-state index is -1.09. The van der Waals surface area contributed by atoms with Crippen molar-refractivity contribution in [1.82, 2.24) is 15.5 Å². The fourth-order valence-corrected chi connectivity index (χ4v) is 4.17. The van der Waals surface area contributed by atoms with Crippen molar-refractivity contribution in [1.29, 1.82) is 0 Å². The van der Waals surface area contributed by atoms with E-state index >= 15 is 0 Å². The van der Waals surface area contributed by atoms with E-state index in [0.29, 0.717) is 12.3 Å². The number of hydrogen-bond donors (Lipinski definition) is 2. The number of urea groups is 1. The third-order valence-corrected chi connectivity index (χ3v) is 6.01. The lowest BCUT2D eigenvalue weighted by Crippen LogP contribution is -2.48. The molecule has 2 fully saturated rings. The zero-order chi connectivity index (χ0) is 19.6. The van der Waals surface area contributed by atoms with Crippen LogP contribution in [0.4, 0.5) is 4.79 Å². The van der Waals surface area contributed by atoms with Gasteiger partial charge in [0.15, 0.2) is 0 Å². The van der Waals surface area contributed by atoms with Crippen LogP contribution in [0.15, 0.2) is 24.3 Å². The van der Waals surface area contributed by atoms with Crippen molar-refractivity contribution in [3.8, 4) is 0 Å². The summed E-state index contributed by atoms with van der Waals surface area (Å²) in [5, 5.41) is 5.84. The van der Waals surface area contributed by atoms with Gasteiger partial charge in [-0.05, 0) is 37.7 Å². The molecule has 1 aromatic carbocycles. The van der Waals surface area contributed by atoms with Crippen molar-refractivity contribution in [2.75, 3.05) is 6.54 Å². The monoisotopic (exact) mass is 371 g/mol. The second-order valence-electron chi connectivity index (χ2n) is 7.88. The maximum absolute atomic E-state index is 13.1. The molecule has 6 nitrogen and oxygen atoms in total. The molecule has 3 atom stereocenters. The normalized spacial score (nSPS) is 28.2. The number of imide groups is 1. The van der Waals surface area contributed by atoms with E-state index in [9.17, 15) is 14.4 Å². The number of amides is 4. The van der Waals surface area contributed by atoms with Crippen LogP contribution in [-0.2, 0) is 15.1 Å². The van der Waals surface area contributed by atoms with Gasteiger partial charge in [-0.2, -0.15) is 0 Å². The van der Waals surface area contributed by atoms with Crippen LogP contribution in [0.1, 0.15) is 57.1 Å². The number of nitrogens with one attached hydrogen (secondary N) is 2. The molecule has 27 heavy (non-hydrogen) atoms. The standard InChI is InChI=1S/C21H29N3O3/c1-4-21(16-11-9-14(2)10-12-16)19(26)24(20(27)23-21)13-18(25)22-17-8-6-5-7-15(17)3/h9-12,15,17H,4-8,13H2,1-3H3,(H,22,25)(H,23,27)/t15-,17+,21+/m0/s1. The van der Waals surface area contributed by atoms with Gasteiger partial charge in [0.1, 0.15) is 12.1 Å².